The predicted octanol–water partition coefficient (Wildman–Crippen LogP) is 11.3. The van der Waals surface area contributed by atoms with E-state index >= 15 is 0 Å². The van der Waals surface area contributed by atoms with Crippen LogP contribution in [0, 0.1) is 0 Å². The minimum absolute atomic E-state index is 0. The second-order valence-corrected chi connectivity index (χ2v) is 10.8. The van der Waals surface area contributed by atoms with Crippen molar-refractivity contribution in [1.82, 2.24) is 0 Å². The molecule has 0 radical (unpaired) electrons. The second kappa shape index (κ2) is 25.1. The fourth-order valence-corrected chi connectivity index (χ4v) is 5.34. The van der Waals surface area contributed by atoms with E-state index in [-0.39, 0.29) is 9.90 Å². The summed E-state index contributed by atoms with van der Waals surface area (Å²) < 4.78 is 0. The van der Waals surface area contributed by atoms with Crippen LogP contribution in [0.25, 0.3) is 0 Å². The fraction of sp³-hybridized carbons (Fsp3) is 0.818. The molecule has 0 spiro atoms. The third kappa shape index (κ3) is 17.5. The van der Waals surface area contributed by atoms with Gasteiger partial charge in [-0.1, -0.05) is 142 Å². The number of aryl methyl sites for hydroxylation is 1. The van der Waals surface area contributed by atoms with E-state index < -0.39 is 0 Å². The minimum atomic E-state index is 0. The van der Waals surface area contributed by atoms with Crippen molar-refractivity contribution in [3.63, 3.8) is 0 Å². The van der Waals surface area contributed by atoms with Gasteiger partial charge < -0.3 is 5.11 Å². The molecular weight excluding hydrogens is 443 g/mol. The number of unbranched alkanes of at least 4 members (excludes halogenated alkanes) is 18. The Morgan fingerprint density at radius 3 is 1.20 bits per heavy atom. The summed E-state index contributed by atoms with van der Waals surface area (Å²) in [4.78, 5) is 0. The van der Waals surface area contributed by atoms with Crippen LogP contribution >= 0.6 is 9.90 Å². The lowest BCUT2D eigenvalue weighted by molar-refractivity contribution is 0.463. The maximum Gasteiger partial charge on any atom is 0.119 e. The molecule has 1 nitrogen and oxygen atoms in total. The lowest BCUT2D eigenvalue weighted by atomic mass is 9.89. The summed E-state index contributed by atoms with van der Waals surface area (Å²) in [5.41, 5.74) is 4.35. The SMILES string of the molecule is CCCCCCCCCc1ccc(O)c(CCCCCCCCC)c1CCCCCCCCC.P. The number of rotatable bonds is 24. The molecule has 206 valence electrons. The van der Waals surface area contributed by atoms with Crippen molar-refractivity contribution in [3.8, 4) is 5.75 Å². The molecule has 0 aliphatic rings. The zero-order chi connectivity index (χ0) is 24.7. The standard InChI is InChI=1S/C33H60O.H3P/c1-4-7-10-13-16-19-22-25-30-28-29-33(34)32(27-24-21-18-15-12-9-6-3)31(30)26-23-20-17-14-11-8-5-2;/h28-29,34H,4-27H2,1-3H3;1H3. The molecule has 0 fully saturated rings. The van der Waals surface area contributed by atoms with Crippen molar-refractivity contribution in [1.29, 1.82) is 0 Å². The molecule has 1 aromatic rings. The molecule has 0 aromatic heterocycles. The van der Waals surface area contributed by atoms with E-state index in [2.05, 4.69) is 26.8 Å². The Bertz CT molecular complexity index is 583. The minimum Gasteiger partial charge on any atom is -0.508 e. The topological polar surface area (TPSA) is 20.2 Å². The van der Waals surface area contributed by atoms with Crippen molar-refractivity contribution < 1.29 is 5.11 Å². The van der Waals surface area contributed by atoms with E-state index in [4.69, 9.17) is 0 Å². The molecule has 0 heterocycles. The molecule has 0 saturated carbocycles. The molecular formula is C33H63OP. The molecule has 0 bridgehead atoms. The van der Waals surface area contributed by atoms with Gasteiger partial charge in [-0.2, -0.15) is 9.90 Å². The van der Waals surface area contributed by atoms with Gasteiger partial charge in [-0.05, 0) is 61.3 Å². The molecule has 0 saturated heterocycles. The van der Waals surface area contributed by atoms with Gasteiger partial charge in [0.25, 0.3) is 0 Å². The highest BCUT2D eigenvalue weighted by atomic mass is 31.0. The Kier molecular flexibility index (Phi) is 24.7. The molecule has 1 unspecified atom stereocenters. The molecule has 1 rings (SSSR count). The molecule has 1 atom stereocenters. The van der Waals surface area contributed by atoms with Gasteiger partial charge in [0.1, 0.15) is 5.75 Å². The monoisotopic (exact) mass is 506 g/mol. The van der Waals surface area contributed by atoms with Crippen molar-refractivity contribution in [2.75, 3.05) is 0 Å². The summed E-state index contributed by atoms with van der Waals surface area (Å²) in [5.74, 6) is 0.562. The molecule has 1 N–H and O–H groups in total. The Morgan fingerprint density at radius 1 is 0.429 bits per heavy atom. The number of phenols is 1. The van der Waals surface area contributed by atoms with E-state index in [0.29, 0.717) is 5.75 Å². The first kappa shape index (κ1) is 34.5. The second-order valence-electron chi connectivity index (χ2n) is 10.8. The average molecular weight is 507 g/mol. The maximum absolute atomic E-state index is 10.8. The Balaban J connectivity index is 0.0000116. The largest absolute Gasteiger partial charge is 0.508 e. The van der Waals surface area contributed by atoms with Crippen molar-refractivity contribution in [2.24, 2.45) is 0 Å². The van der Waals surface area contributed by atoms with Crippen LogP contribution in [-0.4, -0.2) is 5.11 Å². The quantitative estimate of drug-likeness (QED) is 0.109. The highest BCUT2D eigenvalue weighted by Crippen LogP contribution is 2.30. The maximum atomic E-state index is 10.8. The summed E-state index contributed by atoms with van der Waals surface area (Å²) in [7, 11) is 0. The van der Waals surface area contributed by atoms with E-state index in [1.54, 1.807) is 0 Å². The average Bonchev–Trinajstić information content (AvgIpc) is 2.84. The van der Waals surface area contributed by atoms with E-state index in [1.807, 2.05) is 6.07 Å². The van der Waals surface area contributed by atoms with Crippen molar-refractivity contribution in [2.45, 2.75) is 175 Å². The van der Waals surface area contributed by atoms with Gasteiger partial charge in [-0.25, -0.2) is 0 Å². The van der Waals surface area contributed by atoms with Crippen LogP contribution in [0.5, 0.6) is 5.75 Å². The Morgan fingerprint density at radius 2 is 0.771 bits per heavy atom. The number of phenolic OH excluding ortho intramolecular Hbond substituents is 1. The van der Waals surface area contributed by atoms with Crippen molar-refractivity contribution >= 4 is 9.90 Å². The number of hydrogen-bond acceptors (Lipinski definition) is 1. The summed E-state index contributed by atoms with van der Waals surface area (Å²) in [6.45, 7) is 6.87. The van der Waals surface area contributed by atoms with Gasteiger partial charge in [0, 0.05) is 0 Å². The van der Waals surface area contributed by atoms with E-state index in [9.17, 15) is 5.11 Å². The highest BCUT2D eigenvalue weighted by Gasteiger charge is 2.13. The number of aromatic hydroxyl groups is 1. The van der Waals surface area contributed by atoms with Crippen LogP contribution in [0.4, 0.5) is 0 Å². The Hall–Kier alpha value is -0.550. The van der Waals surface area contributed by atoms with Crippen LogP contribution < -0.4 is 0 Å². The number of benzene rings is 1. The van der Waals surface area contributed by atoms with Crippen LogP contribution in [0.15, 0.2) is 12.1 Å². The highest BCUT2D eigenvalue weighted by molar-refractivity contribution is 6.92. The van der Waals surface area contributed by atoms with Crippen LogP contribution in [0.2, 0.25) is 0 Å². The van der Waals surface area contributed by atoms with Crippen molar-refractivity contribution in [3.05, 3.63) is 28.8 Å². The van der Waals surface area contributed by atoms with Crippen LogP contribution in [-0.2, 0) is 19.3 Å². The summed E-state index contributed by atoms with van der Waals surface area (Å²) in [6, 6.07) is 4.25. The lowest BCUT2D eigenvalue weighted by Crippen LogP contribution is -2.03. The first-order chi connectivity index (χ1) is 16.7. The van der Waals surface area contributed by atoms with Gasteiger partial charge >= 0.3 is 0 Å². The van der Waals surface area contributed by atoms with E-state index in [0.717, 1.165) is 6.42 Å². The zero-order valence-corrected chi connectivity index (χ0v) is 25.7. The summed E-state index contributed by atoms with van der Waals surface area (Å²) in [6.07, 6.45) is 31.9. The number of hydrogen-bond donors (Lipinski definition) is 1. The van der Waals surface area contributed by atoms with Gasteiger partial charge in [0.15, 0.2) is 0 Å². The normalized spacial score (nSPS) is 11.1. The molecule has 35 heavy (non-hydrogen) atoms. The zero-order valence-electron chi connectivity index (χ0n) is 24.3. The first-order valence-corrected chi connectivity index (χ1v) is 15.6. The molecule has 0 aliphatic carbocycles. The summed E-state index contributed by atoms with van der Waals surface area (Å²) in [5, 5.41) is 10.8. The van der Waals surface area contributed by atoms with E-state index in [1.165, 1.54) is 164 Å². The Labute approximate surface area is 224 Å². The fourth-order valence-electron chi connectivity index (χ4n) is 5.34. The predicted molar refractivity (Wildman–Crippen MR) is 164 cm³/mol. The van der Waals surface area contributed by atoms with Gasteiger partial charge in [-0.3, -0.25) is 0 Å². The van der Waals surface area contributed by atoms with Crippen LogP contribution in [0.1, 0.15) is 172 Å². The summed E-state index contributed by atoms with van der Waals surface area (Å²) >= 11 is 0. The first-order valence-electron chi connectivity index (χ1n) is 15.6. The molecule has 1 aromatic carbocycles. The van der Waals surface area contributed by atoms with Gasteiger partial charge in [0.05, 0.1) is 0 Å². The van der Waals surface area contributed by atoms with Gasteiger partial charge in [-0.15, -0.1) is 0 Å². The lowest BCUT2D eigenvalue weighted by Gasteiger charge is -2.17. The van der Waals surface area contributed by atoms with Gasteiger partial charge in [0.2, 0.25) is 0 Å². The smallest absolute Gasteiger partial charge is 0.119 e. The third-order valence-corrected chi connectivity index (χ3v) is 7.61. The molecule has 0 aliphatic heterocycles. The molecule has 0 amide bonds. The molecule has 2 heteroatoms. The third-order valence-electron chi connectivity index (χ3n) is 7.61. The van der Waals surface area contributed by atoms with Crippen LogP contribution in [0.3, 0.4) is 0 Å².